The number of hydrogen-bond acceptors (Lipinski definition) is 5. The van der Waals surface area contributed by atoms with Gasteiger partial charge >= 0.3 is 0 Å². The second kappa shape index (κ2) is 7.89. The van der Waals surface area contributed by atoms with Crippen LogP contribution in [-0.4, -0.2) is 62.1 Å². The van der Waals surface area contributed by atoms with E-state index < -0.39 is 0 Å². The number of aromatic nitrogens is 4. The molecule has 0 spiro atoms. The summed E-state index contributed by atoms with van der Waals surface area (Å²) in [5.74, 6) is -0.305. The topological polar surface area (TPSA) is 99.1 Å². The lowest BCUT2D eigenvalue weighted by Crippen LogP contribution is -2.36. The van der Waals surface area contributed by atoms with Crippen LogP contribution >= 0.6 is 0 Å². The van der Waals surface area contributed by atoms with Crippen LogP contribution in [0.15, 0.2) is 36.5 Å². The molecule has 1 aromatic carbocycles. The van der Waals surface area contributed by atoms with Crippen LogP contribution in [-0.2, 0) is 6.54 Å². The first-order chi connectivity index (χ1) is 13.2. The number of amides is 1. The minimum absolute atomic E-state index is 0.0920. The Hall–Kier alpha value is -2.71. The van der Waals surface area contributed by atoms with Crippen LogP contribution < -0.4 is 5.32 Å². The van der Waals surface area contributed by atoms with Crippen LogP contribution in [0, 0.1) is 0 Å². The Morgan fingerprint density at radius 1 is 1.37 bits per heavy atom. The molecule has 0 radical (unpaired) electrons. The lowest BCUT2D eigenvalue weighted by Gasteiger charge is -2.32. The van der Waals surface area contributed by atoms with Gasteiger partial charge < -0.3 is 15.4 Å². The quantitative estimate of drug-likeness (QED) is 0.609. The van der Waals surface area contributed by atoms with Gasteiger partial charge in [-0.3, -0.25) is 9.69 Å². The Balaban J connectivity index is 1.40. The molecular formula is C19H24N6O2. The number of H-pyrrole nitrogens is 1. The van der Waals surface area contributed by atoms with Crippen LogP contribution in [0.4, 0.5) is 0 Å². The van der Waals surface area contributed by atoms with E-state index in [-0.39, 0.29) is 30.8 Å². The molecule has 1 atom stereocenters. The number of rotatable bonds is 6. The maximum absolute atomic E-state index is 11.9. The number of fused-ring (bicyclic) bond motifs is 1. The highest BCUT2D eigenvalue weighted by atomic mass is 16.3. The molecule has 1 saturated heterocycles. The van der Waals surface area contributed by atoms with Gasteiger partial charge in [-0.2, -0.15) is 0 Å². The van der Waals surface area contributed by atoms with E-state index in [1.807, 2.05) is 6.07 Å². The SMILES string of the molecule is O=C(NCCO)c1cn(C2CCCN(Cc3cc4ccccc4[nH]3)C2)nn1. The molecule has 1 unspecified atom stereocenters. The molecule has 4 rings (SSSR count). The summed E-state index contributed by atoms with van der Waals surface area (Å²) in [4.78, 5) is 17.8. The zero-order valence-electron chi connectivity index (χ0n) is 15.1. The minimum Gasteiger partial charge on any atom is -0.395 e. The Morgan fingerprint density at radius 3 is 3.11 bits per heavy atom. The van der Waals surface area contributed by atoms with Crippen molar-refractivity contribution in [3.63, 3.8) is 0 Å². The highest BCUT2D eigenvalue weighted by Gasteiger charge is 2.23. The van der Waals surface area contributed by atoms with Crippen molar-refractivity contribution in [2.45, 2.75) is 25.4 Å². The average Bonchev–Trinajstić information content (AvgIpc) is 3.33. The number of piperidine rings is 1. The minimum atomic E-state index is -0.305. The number of aliphatic hydroxyl groups excluding tert-OH is 1. The Labute approximate surface area is 157 Å². The number of benzene rings is 1. The molecule has 8 nitrogen and oxygen atoms in total. The monoisotopic (exact) mass is 368 g/mol. The van der Waals surface area contributed by atoms with Crippen molar-refractivity contribution in [3.05, 3.63) is 47.9 Å². The second-order valence-electron chi connectivity index (χ2n) is 6.98. The number of carbonyl (C=O) groups excluding carboxylic acids is 1. The number of aromatic amines is 1. The highest BCUT2D eigenvalue weighted by Crippen LogP contribution is 2.23. The Morgan fingerprint density at radius 2 is 2.26 bits per heavy atom. The van der Waals surface area contributed by atoms with Crippen LogP contribution in [0.2, 0.25) is 0 Å². The first kappa shape index (κ1) is 17.7. The Kier molecular flexibility index (Phi) is 5.17. The molecule has 3 N–H and O–H groups in total. The summed E-state index contributed by atoms with van der Waals surface area (Å²) in [5, 5.41) is 20.8. The third-order valence-electron chi connectivity index (χ3n) is 4.97. The number of likely N-dealkylation sites (tertiary alicyclic amines) is 1. The summed E-state index contributed by atoms with van der Waals surface area (Å²) in [6, 6.07) is 10.7. The summed E-state index contributed by atoms with van der Waals surface area (Å²) in [6.45, 7) is 2.91. The Bertz CT molecular complexity index is 885. The van der Waals surface area contributed by atoms with E-state index in [0.717, 1.165) is 38.0 Å². The fourth-order valence-corrected chi connectivity index (χ4v) is 3.67. The zero-order chi connectivity index (χ0) is 18.6. The molecule has 0 bridgehead atoms. The molecule has 1 aliphatic heterocycles. The number of aliphatic hydroxyl groups is 1. The van der Waals surface area contributed by atoms with Gasteiger partial charge in [-0.1, -0.05) is 23.4 Å². The van der Waals surface area contributed by atoms with Crippen molar-refractivity contribution in [2.24, 2.45) is 0 Å². The standard InChI is InChI=1S/C19H24N6O2/c26-9-7-20-19(27)18-13-25(23-22-18)16-5-3-8-24(12-16)11-15-10-14-4-1-2-6-17(14)21-15/h1-2,4,6,10,13,16,21,26H,3,5,7-9,11-12H2,(H,20,27). The zero-order valence-corrected chi connectivity index (χ0v) is 15.1. The van der Waals surface area contributed by atoms with Crippen molar-refractivity contribution in [1.82, 2.24) is 30.2 Å². The maximum Gasteiger partial charge on any atom is 0.273 e. The molecule has 1 aliphatic rings. The normalized spacial score (nSPS) is 18.0. The highest BCUT2D eigenvalue weighted by molar-refractivity contribution is 5.91. The first-order valence-electron chi connectivity index (χ1n) is 9.33. The van der Waals surface area contributed by atoms with Gasteiger partial charge in [0, 0.05) is 30.8 Å². The first-order valence-corrected chi connectivity index (χ1v) is 9.33. The fraction of sp³-hybridized carbons (Fsp3) is 0.421. The van der Waals surface area contributed by atoms with Crippen molar-refractivity contribution in [3.8, 4) is 0 Å². The van der Waals surface area contributed by atoms with E-state index in [2.05, 4.69) is 49.8 Å². The summed E-state index contributed by atoms with van der Waals surface area (Å²) in [5.41, 5.74) is 2.66. The molecule has 3 aromatic rings. The number of hydrogen-bond donors (Lipinski definition) is 3. The predicted octanol–water partition coefficient (Wildman–Crippen LogP) is 1.32. The van der Waals surface area contributed by atoms with Gasteiger partial charge in [0.05, 0.1) is 18.8 Å². The summed E-state index contributed by atoms with van der Waals surface area (Å²) < 4.78 is 1.80. The number of nitrogens with one attached hydrogen (secondary N) is 2. The van der Waals surface area contributed by atoms with E-state index >= 15 is 0 Å². The van der Waals surface area contributed by atoms with E-state index in [1.54, 1.807) is 10.9 Å². The second-order valence-corrected chi connectivity index (χ2v) is 6.98. The van der Waals surface area contributed by atoms with Gasteiger partial charge in [0.1, 0.15) is 0 Å². The molecule has 142 valence electrons. The lowest BCUT2D eigenvalue weighted by atomic mass is 10.1. The molecule has 1 amide bonds. The van der Waals surface area contributed by atoms with Crippen LogP contribution in [0.3, 0.4) is 0 Å². The van der Waals surface area contributed by atoms with E-state index in [0.29, 0.717) is 0 Å². The largest absolute Gasteiger partial charge is 0.395 e. The van der Waals surface area contributed by atoms with Gasteiger partial charge in [0.15, 0.2) is 5.69 Å². The van der Waals surface area contributed by atoms with Gasteiger partial charge in [-0.05, 0) is 36.9 Å². The fourth-order valence-electron chi connectivity index (χ4n) is 3.67. The number of nitrogens with zero attached hydrogens (tertiary/aromatic N) is 4. The van der Waals surface area contributed by atoms with Gasteiger partial charge in [-0.25, -0.2) is 4.68 Å². The molecule has 1 fully saturated rings. The average molecular weight is 368 g/mol. The molecule has 2 aromatic heterocycles. The smallest absolute Gasteiger partial charge is 0.273 e. The van der Waals surface area contributed by atoms with Crippen molar-refractivity contribution in [2.75, 3.05) is 26.2 Å². The predicted molar refractivity (Wildman–Crippen MR) is 101 cm³/mol. The van der Waals surface area contributed by atoms with E-state index in [4.69, 9.17) is 5.11 Å². The molecule has 0 aliphatic carbocycles. The van der Waals surface area contributed by atoms with Gasteiger partial charge in [-0.15, -0.1) is 5.10 Å². The lowest BCUT2D eigenvalue weighted by molar-refractivity contribution is 0.0939. The van der Waals surface area contributed by atoms with Gasteiger partial charge in [0.25, 0.3) is 5.91 Å². The van der Waals surface area contributed by atoms with E-state index in [1.165, 1.54) is 11.1 Å². The van der Waals surface area contributed by atoms with Crippen molar-refractivity contribution < 1.29 is 9.90 Å². The van der Waals surface area contributed by atoms with Crippen LogP contribution in [0.25, 0.3) is 10.9 Å². The molecule has 0 saturated carbocycles. The molecule has 8 heteroatoms. The summed E-state index contributed by atoms with van der Waals surface area (Å²) in [7, 11) is 0. The van der Waals surface area contributed by atoms with Gasteiger partial charge in [0.2, 0.25) is 0 Å². The number of carbonyl (C=O) groups is 1. The van der Waals surface area contributed by atoms with Crippen LogP contribution in [0.5, 0.6) is 0 Å². The molecular weight excluding hydrogens is 344 g/mol. The number of para-hydroxylation sites is 1. The van der Waals surface area contributed by atoms with Crippen molar-refractivity contribution >= 4 is 16.8 Å². The molecule has 27 heavy (non-hydrogen) atoms. The van der Waals surface area contributed by atoms with Crippen molar-refractivity contribution in [1.29, 1.82) is 0 Å². The summed E-state index contributed by atoms with van der Waals surface area (Å²) in [6.07, 6.45) is 3.80. The third kappa shape index (κ3) is 4.01. The third-order valence-corrected chi connectivity index (χ3v) is 4.97. The van der Waals surface area contributed by atoms with E-state index in [9.17, 15) is 4.79 Å². The maximum atomic E-state index is 11.9. The molecule has 3 heterocycles. The summed E-state index contributed by atoms with van der Waals surface area (Å²) >= 11 is 0. The van der Waals surface area contributed by atoms with Crippen LogP contribution in [0.1, 0.15) is 35.1 Å².